The van der Waals surface area contributed by atoms with Gasteiger partial charge in [0.15, 0.2) is 11.6 Å². The Hall–Kier alpha value is -4.39. The summed E-state index contributed by atoms with van der Waals surface area (Å²) < 4.78 is 43.2. The van der Waals surface area contributed by atoms with E-state index in [2.05, 4.69) is 15.3 Å². The van der Waals surface area contributed by atoms with Crippen molar-refractivity contribution in [3.05, 3.63) is 75.5 Å². The van der Waals surface area contributed by atoms with Gasteiger partial charge in [-0.15, -0.1) is 0 Å². The molecule has 10 nitrogen and oxygen atoms in total. The van der Waals surface area contributed by atoms with E-state index in [9.17, 15) is 23.0 Å². The lowest BCUT2D eigenvalue weighted by Gasteiger charge is -2.26. The summed E-state index contributed by atoms with van der Waals surface area (Å²) in [7, 11) is 0.336. The Morgan fingerprint density at radius 3 is 2.43 bits per heavy atom. The van der Waals surface area contributed by atoms with Gasteiger partial charge in [0.05, 0.1) is 18.4 Å². The molecule has 1 atom stereocenters. The van der Waals surface area contributed by atoms with Crippen molar-refractivity contribution >= 4 is 45.1 Å². The Balaban J connectivity index is 1.42. The normalized spacial score (nSPS) is 13.0. The molecule has 1 aromatic carbocycles. The highest BCUT2D eigenvalue weighted by Gasteiger charge is 2.30. The zero-order chi connectivity index (χ0) is 33.7. The fourth-order valence-corrected chi connectivity index (χ4v) is 6.87. The quantitative estimate of drug-likeness (QED) is 0.131. The fourth-order valence-electron chi connectivity index (χ4n) is 6.19. The highest BCUT2D eigenvalue weighted by molar-refractivity contribution is 7.83. The molecule has 1 amide bonds. The van der Waals surface area contributed by atoms with Crippen molar-refractivity contribution in [1.82, 2.24) is 19.9 Å². The number of rotatable bonds is 15. The molecule has 0 bridgehead atoms. The topological polar surface area (TPSA) is 137 Å². The molecule has 13 heteroatoms. The molecule has 0 saturated heterocycles. The minimum Gasteiger partial charge on any atom is -0.481 e. The number of unbranched alkanes of at least 4 members (excludes halogenated alkanes) is 7. The number of carbonyl (C=O) groups is 2. The maximum atomic E-state index is 15.3. The van der Waals surface area contributed by atoms with Crippen LogP contribution >= 0.6 is 0 Å². The van der Waals surface area contributed by atoms with Crippen LogP contribution in [0.15, 0.2) is 41.6 Å². The molecule has 0 spiro atoms. The molecule has 250 valence electrons. The molecule has 0 fully saturated rings. The number of amides is 1. The summed E-state index contributed by atoms with van der Waals surface area (Å²) in [5, 5.41) is 12.4. The summed E-state index contributed by atoms with van der Waals surface area (Å²) in [5.74, 6) is -2.86. The second-order valence-electron chi connectivity index (χ2n) is 12.0. The molecule has 3 N–H and O–H groups in total. The number of hydrogen-bond acceptors (Lipinski definition) is 6. The molecular formula is C34H39F2N5O5S. The summed E-state index contributed by atoms with van der Waals surface area (Å²) in [6.45, 7) is 0.524. The molecule has 5 rings (SSSR count). The molecule has 0 aliphatic carbocycles. The fraction of sp³-hybridized carbons (Fsp3) is 0.412. The third kappa shape index (κ3) is 7.78. The van der Waals surface area contributed by atoms with Crippen LogP contribution in [-0.2, 0) is 34.9 Å². The van der Waals surface area contributed by atoms with Gasteiger partial charge in [0, 0.05) is 83.4 Å². The zero-order valence-electron chi connectivity index (χ0n) is 26.5. The SMILES string of the molecule is Cn1cc2c3c(c[nH]c3c1=O)CN(c1ncc(F)cc1F)c1cc(C(=O)NCCCCCCCCCCC(=O)O)c(CS(C)=O)cc1-2. The van der Waals surface area contributed by atoms with Crippen LogP contribution in [0, 0.1) is 11.6 Å². The third-order valence-electron chi connectivity index (χ3n) is 8.47. The molecule has 0 saturated carbocycles. The Morgan fingerprint density at radius 1 is 1.04 bits per heavy atom. The van der Waals surface area contributed by atoms with Crippen LogP contribution < -0.4 is 15.8 Å². The summed E-state index contributed by atoms with van der Waals surface area (Å²) in [6.07, 6.45) is 13.5. The lowest BCUT2D eigenvalue weighted by atomic mass is 9.96. The highest BCUT2D eigenvalue weighted by Crippen LogP contribution is 2.44. The molecule has 1 unspecified atom stereocenters. The van der Waals surface area contributed by atoms with Gasteiger partial charge >= 0.3 is 5.97 Å². The first kappa shape index (κ1) is 34.0. The molecule has 47 heavy (non-hydrogen) atoms. The second kappa shape index (κ2) is 15.0. The largest absolute Gasteiger partial charge is 0.481 e. The second-order valence-corrected chi connectivity index (χ2v) is 13.5. The van der Waals surface area contributed by atoms with Crippen molar-refractivity contribution < 1.29 is 27.7 Å². The van der Waals surface area contributed by atoms with Gasteiger partial charge in [-0.05, 0) is 36.1 Å². The van der Waals surface area contributed by atoms with Crippen LogP contribution in [0.4, 0.5) is 20.3 Å². The molecule has 1 aliphatic heterocycles. The van der Waals surface area contributed by atoms with E-state index in [0.717, 1.165) is 57.2 Å². The van der Waals surface area contributed by atoms with Crippen molar-refractivity contribution in [3.63, 3.8) is 0 Å². The number of fused-ring (bicyclic) bond motifs is 2. The number of carboxylic acids is 1. The summed E-state index contributed by atoms with van der Waals surface area (Å²) >= 11 is 0. The van der Waals surface area contributed by atoms with Gasteiger partial charge in [0.25, 0.3) is 11.5 Å². The third-order valence-corrected chi connectivity index (χ3v) is 9.19. The molecule has 0 radical (unpaired) electrons. The molecule has 4 heterocycles. The van der Waals surface area contributed by atoms with Crippen LogP contribution in [0.2, 0.25) is 0 Å². The molecular weight excluding hydrogens is 628 g/mol. The maximum Gasteiger partial charge on any atom is 0.303 e. The summed E-state index contributed by atoms with van der Waals surface area (Å²) in [4.78, 5) is 46.0. The number of carboxylic acid groups (broad SMARTS) is 1. The number of hydrogen-bond donors (Lipinski definition) is 3. The number of carbonyl (C=O) groups excluding carboxylic acids is 1. The smallest absolute Gasteiger partial charge is 0.303 e. The van der Waals surface area contributed by atoms with E-state index in [1.807, 2.05) is 0 Å². The monoisotopic (exact) mass is 667 g/mol. The number of benzene rings is 1. The van der Waals surface area contributed by atoms with Gasteiger partial charge in [-0.3, -0.25) is 18.6 Å². The lowest BCUT2D eigenvalue weighted by Crippen LogP contribution is -2.27. The zero-order valence-corrected chi connectivity index (χ0v) is 27.4. The average molecular weight is 668 g/mol. The number of anilines is 2. The number of pyridine rings is 2. The summed E-state index contributed by atoms with van der Waals surface area (Å²) in [6, 6.07) is 4.18. The van der Waals surface area contributed by atoms with Crippen molar-refractivity contribution in [2.75, 3.05) is 17.7 Å². The minimum atomic E-state index is -1.30. The first-order chi connectivity index (χ1) is 22.5. The Kier molecular flexibility index (Phi) is 10.8. The predicted octanol–water partition coefficient (Wildman–Crippen LogP) is 6.06. The van der Waals surface area contributed by atoms with Crippen molar-refractivity contribution in [2.24, 2.45) is 7.05 Å². The van der Waals surface area contributed by atoms with E-state index in [-0.39, 0.29) is 36.0 Å². The number of nitrogens with one attached hydrogen (secondary N) is 2. The standard InChI is InChI=1S/C34H39F2N5O5S/c1-40-19-26-25-13-21(20-47(2)46)24(33(44)37-12-10-8-6-4-3-5-7-9-11-29(42)43)15-28(25)41(32-27(36)14-23(35)17-39-32)18-22-16-38-31(30(22)26)34(40)45/h13-17,19,38H,3-12,18,20H2,1-2H3,(H,37,44)(H,42,43). The van der Waals surface area contributed by atoms with E-state index < -0.39 is 28.4 Å². The number of aromatic amines is 1. The number of aliphatic carboxylic acids is 1. The Bertz CT molecular complexity index is 1890. The van der Waals surface area contributed by atoms with Gasteiger partial charge in [-0.25, -0.2) is 13.8 Å². The highest BCUT2D eigenvalue weighted by atomic mass is 32.2. The number of nitrogens with zero attached hydrogens (tertiary/aromatic N) is 3. The molecule has 1 aliphatic rings. The van der Waals surface area contributed by atoms with Gasteiger partial charge in [0.2, 0.25) is 0 Å². The lowest BCUT2D eigenvalue weighted by molar-refractivity contribution is -0.137. The van der Waals surface area contributed by atoms with E-state index in [1.54, 1.807) is 42.7 Å². The first-order valence-corrected chi connectivity index (χ1v) is 17.5. The van der Waals surface area contributed by atoms with E-state index in [0.29, 0.717) is 57.4 Å². The molecule has 4 aromatic rings. The van der Waals surface area contributed by atoms with E-state index >= 15 is 4.39 Å². The van der Waals surface area contributed by atoms with Gasteiger partial charge in [-0.1, -0.05) is 38.5 Å². The molecule has 3 aromatic heterocycles. The van der Waals surface area contributed by atoms with Gasteiger partial charge < -0.3 is 24.9 Å². The van der Waals surface area contributed by atoms with Crippen LogP contribution in [0.25, 0.3) is 22.0 Å². The van der Waals surface area contributed by atoms with E-state index in [4.69, 9.17) is 5.11 Å². The predicted molar refractivity (Wildman–Crippen MR) is 178 cm³/mol. The summed E-state index contributed by atoms with van der Waals surface area (Å²) in [5.41, 5.74) is 3.38. The number of aromatic nitrogens is 3. The maximum absolute atomic E-state index is 15.3. The van der Waals surface area contributed by atoms with Crippen LogP contribution in [0.5, 0.6) is 0 Å². The Labute approximate surface area is 273 Å². The van der Waals surface area contributed by atoms with E-state index in [1.165, 1.54) is 4.57 Å². The number of H-pyrrole nitrogens is 1. The van der Waals surface area contributed by atoms with Crippen LogP contribution in [0.3, 0.4) is 0 Å². The van der Waals surface area contributed by atoms with Crippen LogP contribution in [-0.4, -0.2) is 48.5 Å². The van der Waals surface area contributed by atoms with Crippen molar-refractivity contribution in [2.45, 2.75) is 70.1 Å². The van der Waals surface area contributed by atoms with Crippen molar-refractivity contribution in [1.29, 1.82) is 0 Å². The number of aryl methyl sites for hydroxylation is 1. The van der Waals surface area contributed by atoms with Crippen LogP contribution in [0.1, 0.15) is 79.3 Å². The number of halogens is 2. The Morgan fingerprint density at radius 2 is 1.74 bits per heavy atom. The minimum absolute atomic E-state index is 0.0857. The van der Waals surface area contributed by atoms with Gasteiger partial charge in [0.1, 0.15) is 11.3 Å². The van der Waals surface area contributed by atoms with Crippen molar-refractivity contribution in [3.8, 4) is 11.1 Å². The average Bonchev–Trinajstić information content (AvgIpc) is 3.39. The first-order valence-electron chi connectivity index (χ1n) is 15.8. The van der Waals surface area contributed by atoms with Gasteiger partial charge in [-0.2, -0.15) is 0 Å².